The minimum absolute atomic E-state index is 0.103. The number of nitrogens with two attached hydrogens (primary N) is 1. The fraction of sp³-hybridized carbons (Fsp3) is 0.222. The Balaban J connectivity index is 2.18. The maximum Gasteiger partial charge on any atom is 0.253 e. The van der Waals surface area contributed by atoms with Crippen molar-refractivity contribution in [3.8, 4) is 0 Å². The molecule has 0 aromatic heterocycles. The first kappa shape index (κ1) is 20.9. The summed E-state index contributed by atoms with van der Waals surface area (Å²) >= 11 is 5.98. The normalized spacial score (nSPS) is 12.3. The molecule has 2 aromatic rings. The largest absolute Gasteiger partial charge is 0.340 e. The van der Waals surface area contributed by atoms with Crippen molar-refractivity contribution in [2.24, 2.45) is 5.14 Å². The Hall–Kier alpha value is -2.42. The lowest BCUT2D eigenvalue weighted by atomic mass is 10.1. The van der Waals surface area contributed by atoms with Gasteiger partial charge in [-0.2, -0.15) is 0 Å². The van der Waals surface area contributed by atoms with Crippen LogP contribution in [0.2, 0.25) is 5.02 Å². The molecule has 0 saturated carbocycles. The number of sulfonamides is 1. The van der Waals surface area contributed by atoms with Crippen LogP contribution in [-0.4, -0.2) is 26.3 Å². The van der Waals surface area contributed by atoms with Gasteiger partial charge >= 0.3 is 0 Å². The van der Waals surface area contributed by atoms with Crippen molar-refractivity contribution in [3.05, 3.63) is 58.1 Å². The molecule has 0 unspecified atom stereocenters. The van der Waals surface area contributed by atoms with Crippen LogP contribution in [0.1, 0.15) is 28.4 Å². The number of carbonyl (C=O) groups excluding carboxylic acids is 2. The summed E-state index contributed by atoms with van der Waals surface area (Å²) in [6.07, 6.45) is 0. The van der Waals surface area contributed by atoms with Gasteiger partial charge in [0.05, 0.1) is 15.5 Å². The van der Waals surface area contributed by atoms with E-state index in [9.17, 15) is 18.0 Å². The first-order valence-corrected chi connectivity index (χ1v) is 9.93. The molecule has 9 heteroatoms. The Bertz CT molecular complexity index is 1010. The number of primary sulfonamides is 1. The highest BCUT2D eigenvalue weighted by Crippen LogP contribution is 2.23. The zero-order chi connectivity index (χ0) is 20.4. The quantitative estimate of drug-likeness (QED) is 0.702. The minimum atomic E-state index is -3.92. The predicted molar refractivity (Wildman–Crippen MR) is 104 cm³/mol. The van der Waals surface area contributed by atoms with Crippen molar-refractivity contribution in [1.82, 2.24) is 5.32 Å². The molecule has 2 rings (SSSR count). The third-order valence-corrected chi connectivity index (χ3v) is 5.31. The van der Waals surface area contributed by atoms with Gasteiger partial charge in [-0.1, -0.05) is 23.7 Å². The fourth-order valence-corrected chi connectivity index (χ4v) is 3.19. The molecule has 0 aliphatic heterocycles. The summed E-state index contributed by atoms with van der Waals surface area (Å²) in [7, 11) is -3.92. The lowest BCUT2D eigenvalue weighted by Crippen LogP contribution is -2.41. The molecule has 0 spiro atoms. The van der Waals surface area contributed by atoms with Crippen LogP contribution < -0.4 is 15.8 Å². The lowest BCUT2D eigenvalue weighted by molar-refractivity contribution is -0.117. The highest BCUT2D eigenvalue weighted by atomic mass is 35.5. The fourth-order valence-electron chi connectivity index (χ4n) is 2.35. The number of rotatable bonds is 5. The highest BCUT2D eigenvalue weighted by Gasteiger charge is 2.20. The predicted octanol–water partition coefficient (Wildman–Crippen LogP) is 2.36. The van der Waals surface area contributed by atoms with Gasteiger partial charge in [0.15, 0.2) is 0 Å². The molecule has 2 amide bonds. The Morgan fingerprint density at radius 3 is 2.37 bits per heavy atom. The second kappa shape index (κ2) is 8.08. The first-order chi connectivity index (χ1) is 12.5. The Morgan fingerprint density at radius 1 is 1.15 bits per heavy atom. The topological polar surface area (TPSA) is 118 Å². The first-order valence-electron chi connectivity index (χ1n) is 8.01. The van der Waals surface area contributed by atoms with Gasteiger partial charge in [0, 0.05) is 5.69 Å². The van der Waals surface area contributed by atoms with E-state index in [1.165, 1.54) is 19.1 Å². The summed E-state index contributed by atoms with van der Waals surface area (Å²) in [5.41, 5.74) is 1.91. The molecule has 0 radical (unpaired) electrons. The van der Waals surface area contributed by atoms with Crippen molar-refractivity contribution in [2.75, 3.05) is 5.32 Å². The average molecular weight is 410 g/mol. The van der Waals surface area contributed by atoms with Crippen LogP contribution in [-0.2, 0) is 14.8 Å². The molecule has 0 bridgehead atoms. The number of hydrogen-bond acceptors (Lipinski definition) is 4. The molecule has 0 heterocycles. The Kier molecular flexibility index (Phi) is 6.25. The number of benzene rings is 2. The van der Waals surface area contributed by atoms with E-state index in [2.05, 4.69) is 10.6 Å². The summed E-state index contributed by atoms with van der Waals surface area (Å²) in [4.78, 5) is 24.6. The molecule has 4 N–H and O–H groups in total. The zero-order valence-electron chi connectivity index (χ0n) is 15.0. The van der Waals surface area contributed by atoms with Crippen molar-refractivity contribution in [3.63, 3.8) is 0 Å². The number of aryl methyl sites for hydroxylation is 1. The highest BCUT2D eigenvalue weighted by molar-refractivity contribution is 7.89. The van der Waals surface area contributed by atoms with E-state index in [-0.39, 0.29) is 15.5 Å². The number of hydrogen-bond donors (Lipinski definition) is 3. The van der Waals surface area contributed by atoms with Crippen LogP contribution in [0.3, 0.4) is 0 Å². The summed E-state index contributed by atoms with van der Waals surface area (Å²) in [5, 5.41) is 10.6. The second-order valence-corrected chi connectivity index (χ2v) is 8.09. The summed E-state index contributed by atoms with van der Waals surface area (Å²) < 4.78 is 23.2. The van der Waals surface area contributed by atoms with E-state index in [0.29, 0.717) is 16.8 Å². The average Bonchev–Trinajstić information content (AvgIpc) is 2.57. The molecular formula is C18H20ClN3O4S. The number of nitrogens with one attached hydrogen (secondary N) is 2. The molecule has 27 heavy (non-hydrogen) atoms. The maximum absolute atomic E-state index is 12.4. The molecule has 0 saturated heterocycles. The zero-order valence-corrected chi connectivity index (χ0v) is 16.6. The summed E-state index contributed by atoms with van der Waals surface area (Å²) in [6, 6.07) is 8.32. The van der Waals surface area contributed by atoms with Crippen LogP contribution >= 0.6 is 11.6 Å². The molecule has 7 nitrogen and oxygen atoms in total. The van der Waals surface area contributed by atoms with Crippen LogP contribution in [0.25, 0.3) is 0 Å². The van der Waals surface area contributed by atoms with E-state index in [4.69, 9.17) is 16.7 Å². The number of halogens is 1. The molecule has 0 aliphatic rings. The Labute approximate surface area is 163 Å². The standard InChI is InChI=1S/C18H20ClN3O4S/c1-10-8-13(27(20,25)26)9-16(11(10)2)22-17(23)12(3)21-18(24)14-6-4-5-7-15(14)19/h4-9,12H,1-3H3,(H,21,24)(H,22,23)(H2,20,25,26)/t12-/m1/s1. The van der Waals surface area contributed by atoms with Crippen molar-refractivity contribution >= 4 is 39.1 Å². The van der Waals surface area contributed by atoms with Crippen LogP contribution in [0.15, 0.2) is 41.3 Å². The monoisotopic (exact) mass is 409 g/mol. The van der Waals surface area contributed by atoms with E-state index in [1.807, 2.05) is 0 Å². The van der Waals surface area contributed by atoms with Crippen molar-refractivity contribution < 1.29 is 18.0 Å². The third-order valence-electron chi connectivity index (χ3n) is 4.09. The van der Waals surface area contributed by atoms with Gasteiger partial charge in [-0.3, -0.25) is 9.59 Å². The van der Waals surface area contributed by atoms with E-state index < -0.39 is 27.9 Å². The number of amides is 2. The van der Waals surface area contributed by atoms with Gasteiger partial charge in [0.25, 0.3) is 5.91 Å². The van der Waals surface area contributed by atoms with Gasteiger partial charge in [0.1, 0.15) is 6.04 Å². The van der Waals surface area contributed by atoms with E-state index in [1.54, 1.807) is 38.1 Å². The molecule has 2 aromatic carbocycles. The maximum atomic E-state index is 12.4. The minimum Gasteiger partial charge on any atom is -0.340 e. The summed E-state index contributed by atoms with van der Waals surface area (Å²) in [5.74, 6) is -1.00. The van der Waals surface area contributed by atoms with Gasteiger partial charge < -0.3 is 10.6 Å². The van der Waals surface area contributed by atoms with Gasteiger partial charge in [-0.15, -0.1) is 0 Å². The number of carbonyl (C=O) groups is 2. The number of anilines is 1. The molecular weight excluding hydrogens is 390 g/mol. The molecule has 0 aliphatic carbocycles. The van der Waals surface area contributed by atoms with Gasteiger partial charge in [0.2, 0.25) is 15.9 Å². The van der Waals surface area contributed by atoms with Gasteiger partial charge in [-0.05, 0) is 56.2 Å². The third kappa shape index (κ3) is 5.06. The molecule has 1 atom stereocenters. The van der Waals surface area contributed by atoms with Crippen LogP contribution in [0, 0.1) is 13.8 Å². The van der Waals surface area contributed by atoms with Crippen LogP contribution in [0.5, 0.6) is 0 Å². The molecule has 0 fully saturated rings. The van der Waals surface area contributed by atoms with Crippen LogP contribution in [0.4, 0.5) is 5.69 Å². The Morgan fingerprint density at radius 2 is 1.78 bits per heavy atom. The van der Waals surface area contributed by atoms with Gasteiger partial charge in [-0.25, -0.2) is 13.6 Å². The molecule has 144 valence electrons. The van der Waals surface area contributed by atoms with Crippen molar-refractivity contribution in [1.29, 1.82) is 0 Å². The van der Waals surface area contributed by atoms with E-state index in [0.717, 1.165) is 0 Å². The lowest BCUT2D eigenvalue weighted by Gasteiger charge is -2.17. The van der Waals surface area contributed by atoms with E-state index >= 15 is 0 Å². The van der Waals surface area contributed by atoms with Crippen molar-refractivity contribution in [2.45, 2.75) is 31.7 Å². The SMILES string of the molecule is Cc1cc(S(N)(=O)=O)cc(NC(=O)[C@@H](C)NC(=O)c2ccccc2Cl)c1C. The second-order valence-electron chi connectivity index (χ2n) is 6.12. The summed E-state index contributed by atoms with van der Waals surface area (Å²) in [6.45, 7) is 4.96. The smallest absolute Gasteiger partial charge is 0.253 e.